The summed E-state index contributed by atoms with van der Waals surface area (Å²) in [6.45, 7) is 0. The third-order valence-corrected chi connectivity index (χ3v) is 6.76. The van der Waals surface area contributed by atoms with Crippen LogP contribution in [0.3, 0.4) is 0 Å². The Morgan fingerprint density at radius 3 is 1.58 bits per heavy atom. The minimum Gasteiger partial charge on any atom is -0.480 e. The van der Waals surface area contributed by atoms with E-state index in [-0.39, 0.29) is 25.7 Å². The lowest BCUT2D eigenvalue weighted by atomic mass is 10.0. The fraction of sp³-hybridized carbons (Fsp3) is 0.267. The summed E-state index contributed by atoms with van der Waals surface area (Å²) in [4.78, 5) is 65.9. The normalized spacial score (nSPS) is 13.7. The molecule has 43 heavy (non-hydrogen) atoms. The molecule has 2 heterocycles. The van der Waals surface area contributed by atoms with Crippen molar-refractivity contribution in [1.82, 2.24) is 35.9 Å². The van der Waals surface area contributed by atoms with Crippen molar-refractivity contribution in [2.24, 2.45) is 5.73 Å². The number of rotatable bonds is 15. The number of carboxylic acid groups (broad SMARTS) is 1. The van der Waals surface area contributed by atoms with Gasteiger partial charge in [0.25, 0.3) is 0 Å². The minimum absolute atomic E-state index is 0.000586. The first-order valence-corrected chi connectivity index (χ1v) is 13.7. The summed E-state index contributed by atoms with van der Waals surface area (Å²) in [5.74, 6) is -3.12. The Morgan fingerprint density at radius 1 is 0.651 bits per heavy atom. The number of aliphatic carboxylic acids is 1. The zero-order chi connectivity index (χ0) is 30.6. The molecule has 4 aromatic rings. The molecule has 3 amide bonds. The van der Waals surface area contributed by atoms with Gasteiger partial charge in [-0.3, -0.25) is 14.4 Å². The lowest BCUT2D eigenvalue weighted by Crippen LogP contribution is -2.58. The predicted molar refractivity (Wildman–Crippen MR) is 156 cm³/mol. The molecule has 2 aromatic carbocycles. The SMILES string of the molecule is NC(Cc1cnc[nH]1)C(=O)NC(Cc1ccccc1)C(=O)NC(Cc1cnc[nH]1)C(=O)NC(Cc1ccccc1)C(=O)O. The number of aromatic amines is 2. The van der Waals surface area contributed by atoms with E-state index in [1.807, 2.05) is 36.4 Å². The van der Waals surface area contributed by atoms with E-state index in [2.05, 4.69) is 35.9 Å². The van der Waals surface area contributed by atoms with Gasteiger partial charge in [-0.25, -0.2) is 14.8 Å². The van der Waals surface area contributed by atoms with E-state index in [4.69, 9.17) is 5.73 Å². The molecule has 4 unspecified atom stereocenters. The number of hydrogen-bond acceptors (Lipinski definition) is 7. The molecule has 2 aromatic heterocycles. The first-order valence-electron chi connectivity index (χ1n) is 13.7. The number of nitrogens with two attached hydrogens (primary N) is 1. The van der Waals surface area contributed by atoms with E-state index >= 15 is 0 Å². The van der Waals surface area contributed by atoms with Gasteiger partial charge >= 0.3 is 5.97 Å². The quantitative estimate of drug-likeness (QED) is 0.103. The van der Waals surface area contributed by atoms with Gasteiger partial charge in [0, 0.05) is 49.5 Å². The number of carboxylic acids is 1. The molecule has 0 aliphatic carbocycles. The number of nitrogens with one attached hydrogen (secondary N) is 5. The molecular weight excluding hydrogens is 552 g/mol. The molecule has 13 heteroatoms. The molecule has 0 bridgehead atoms. The van der Waals surface area contributed by atoms with E-state index in [1.165, 1.54) is 18.9 Å². The highest BCUT2D eigenvalue weighted by molar-refractivity contribution is 5.94. The third-order valence-electron chi connectivity index (χ3n) is 6.76. The van der Waals surface area contributed by atoms with E-state index in [1.54, 1.807) is 30.5 Å². The van der Waals surface area contributed by atoms with Crippen LogP contribution in [0.1, 0.15) is 22.5 Å². The van der Waals surface area contributed by atoms with Crippen LogP contribution in [0.5, 0.6) is 0 Å². The van der Waals surface area contributed by atoms with Crippen LogP contribution in [0.25, 0.3) is 0 Å². The van der Waals surface area contributed by atoms with Gasteiger partial charge in [0.15, 0.2) is 0 Å². The summed E-state index contributed by atoms with van der Waals surface area (Å²) in [7, 11) is 0. The molecule has 0 radical (unpaired) electrons. The molecule has 8 N–H and O–H groups in total. The molecule has 4 atom stereocenters. The summed E-state index contributed by atoms with van der Waals surface area (Å²) in [5, 5.41) is 17.8. The zero-order valence-corrected chi connectivity index (χ0v) is 23.3. The van der Waals surface area contributed by atoms with Crippen molar-refractivity contribution in [2.75, 3.05) is 0 Å². The first kappa shape index (κ1) is 30.7. The Kier molecular flexibility index (Phi) is 10.7. The number of nitrogens with zero attached hydrogens (tertiary/aromatic N) is 2. The molecule has 0 spiro atoms. The molecule has 0 saturated heterocycles. The Morgan fingerprint density at radius 2 is 1.09 bits per heavy atom. The molecule has 0 saturated carbocycles. The van der Waals surface area contributed by atoms with Gasteiger partial charge < -0.3 is 36.8 Å². The van der Waals surface area contributed by atoms with Gasteiger partial charge in [-0.1, -0.05) is 60.7 Å². The standard InChI is InChI=1S/C30H34N8O5/c31-23(13-21-15-32-17-34-21)27(39)36-24(11-19-7-3-1-4-8-19)28(40)37-25(14-22-16-33-18-35-22)29(41)38-26(30(42)43)12-20-9-5-2-6-10-20/h1-10,15-18,23-26H,11-14,31H2,(H,32,34)(H,33,35)(H,36,39)(H,37,40)(H,38,41)(H,42,43). The Balaban J connectivity index is 1.51. The van der Waals surface area contributed by atoms with Gasteiger partial charge in [0.05, 0.1) is 18.7 Å². The van der Waals surface area contributed by atoms with E-state index in [0.29, 0.717) is 11.4 Å². The minimum atomic E-state index is -1.24. The third kappa shape index (κ3) is 9.36. The van der Waals surface area contributed by atoms with Crippen molar-refractivity contribution in [2.45, 2.75) is 49.9 Å². The van der Waals surface area contributed by atoms with Crippen LogP contribution in [0, 0.1) is 0 Å². The Labute approximate surface area is 247 Å². The fourth-order valence-corrected chi connectivity index (χ4v) is 4.48. The van der Waals surface area contributed by atoms with Crippen LogP contribution in [0.4, 0.5) is 0 Å². The van der Waals surface area contributed by atoms with Crippen molar-refractivity contribution < 1.29 is 24.3 Å². The Bertz CT molecular complexity index is 1460. The number of aromatic nitrogens is 4. The highest BCUT2D eigenvalue weighted by Crippen LogP contribution is 2.08. The number of hydrogen-bond donors (Lipinski definition) is 7. The van der Waals surface area contributed by atoms with Gasteiger partial charge in [-0.2, -0.15) is 0 Å². The molecule has 224 valence electrons. The van der Waals surface area contributed by atoms with E-state index in [0.717, 1.165) is 11.1 Å². The summed E-state index contributed by atoms with van der Waals surface area (Å²) in [6, 6.07) is 13.5. The van der Waals surface area contributed by atoms with Crippen molar-refractivity contribution in [3.05, 3.63) is 108 Å². The Hall–Kier alpha value is -5.30. The fourth-order valence-electron chi connectivity index (χ4n) is 4.48. The lowest BCUT2D eigenvalue weighted by molar-refractivity contribution is -0.142. The summed E-state index contributed by atoms with van der Waals surface area (Å²) in [6.07, 6.45) is 6.32. The number of benzene rings is 2. The van der Waals surface area contributed by atoms with Gasteiger partial charge in [0.2, 0.25) is 17.7 Å². The predicted octanol–water partition coefficient (Wildman–Crippen LogP) is 0.270. The average molecular weight is 587 g/mol. The molecule has 0 aliphatic rings. The van der Waals surface area contributed by atoms with Crippen molar-refractivity contribution in [3.63, 3.8) is 0 Å². The van der Waals surface area contributed by atoms with Crippen molar-refractivity contribution in [3.8, 4) is 0 Å². The number of carbonyl (C=O) groups excluding carboxylic acids is 3. The average Bonchev–Trinajstić information content (AvgIpc) is 3.72. The zero-order valence-electron chi connectivity index (χ0n) is 23.3. The molecule has 0 fully saturated rings. The second-order valence-electron chi connectivity index (χ2n) is 10.1. The van der Waals surface area contributed by atoms with Crippen LogP contribution in [-0.4, -0.2) is 72.9 Å². The van der Waals surface area contributed by atoms with Crippen LogP contribution in [-0.2, 0) is 44.9 Å². The monoisotopic (exact) mass is 586 g/mol. The second-order valence-corrected chi connectivity index (χ2v) is 10.1. The molecule has 0 aliphatic heterocycles. The van der Waals surface area contributed by atoms with Gasteiger partial charge in [-0.05, 0) is 11.1 Å². The van der Waals surface area contributed by atoms with E-state index in [9.17, 15) is 24.3 Å². The first-order chi connectivity index (χ1) is 20.8. The van der Waals surface area contributed by atoms with Gasteiger partial charge in [0.1, 0.15) is 18.1 Å². The van der Waals surface area contributed by atoms with Crippen molar-refractivity contribution in [1.29, 1.82) is 0 Å². The molecule has 4 rings (SSSR count). The summed E-state index contributed by atoms with van der Waals surface area (Å²) in [5.41, 5.74) is 8.81. The maximum Gasteiger partial charge on any atom is 0.326 e. The second kappa shape index (κ2) is 15.1. The summed E-state index contributed by atoms with van der Waals surface area (Å²) < 4.78 is 0. The van der Waals surface area contributed by atoms with E-state index < -0.39 is 47.9 Å². The highest BCUT2D eigenvalue weighted by atomic mass is 16.4. The maximum atomic E-state index is 13.7. The number of imidazole rings is 2. The largest absolute Gasteiger partial charge is 0.480 e. The smallest absolute Gasteiger partial charge is 0.326 e. The van der Waals surface area contributed by atoms with Crippen LogP contribution < -0.4 is 21.7 Å². The molecular formula is C30H34N8O5. The highest BCUT2D eigenvalue weighted by Gasteiger charge is 2.31. The van der Waals surface area contributed by atoms with Crippen LogP contribution in [0.2, 0.25) is 0 Å². The number of amides is 3. The number of carbonyl (C=O) groups is 4. The van der Waals surface area contributed by atoms with Gasteiger partial charge in [-0.15, -0.1) is 0 Å². The topological polar surface area (TPSA) is 208 Å². The lowest BCUT2D eigenvalue weighted by Gasteiger charge is -2.25. The maximum absolute atomic E-state index is 13.7. The van der Waals surface area contributed by atoms with Crippen molar-refractivity contribution >= 4 is 23.7 Å². The molecule has 13 nitrogen and oxygen atoms in total. The van der Waals surface area contributed by atoms with Crippen LogP contribution in [0.15, 0.2) is 85.7 Å². The summed E-state index contributed by atoms with van der Waals surface area (Å²) >= 11 is 0. The number of H-pyrrole nitrogens is 2. The van der Waals surface area contributed by atoms with Crippen LogP contribution >= 0.6 is 0 Å².